The number of amides is 1. The minimum absolute atomic E-state index is 0.121. The normalized spacial score (nSPS) is 17.3. The van der Waals surface area contributed by atoms with Crippen LogP contribution in [0.4, 0.5) is 0 Å². The Kier molecular flexibility index (Phi) is 3.92. The highest BCUT2D eigenvalue weighted by Crippen LogP contribution is 2.34. The van der Waals surface area contributed by atoms with Crippen LogP contribution in [0.25, 0.3) is 0 Å². The molecule has 0 bridgehead atoms. The molecule has 19 heavy (non-hydrogen) atoms. The molecule has 5 heteroatoms. The molecular formula is C14H24N4O. The number of rotatable bonds is 5. The zero-order valence-electron chi connectivity index (χ0n) is 12.3. The van der Waals surface area contributed by atoms with Gasteiger partial charge in [-0.05, 0) is 18.8 Å². The van der Waals surface area contributed by atoms with Crippen molar-refractivity contribution in [3.8, 4) is 0 Å². The van der Waals surface area contributed by atoms with Crippen molar-refractivity contribution in [2.24, 2.45) is 5.92 Å². The van der Waals surface area contributed by atoms with Crippen LogP contribution in [0.2, 0.25) is 0 Å². The lowest BCUT2D eigenvalue weighted by Gasteiger charge is -2.15. The van der Waals surface area contributed by atoms with Gasteiger partial charge in [-0.1, -0.05) is 40.5 Å². The summed E-state index contributed by atoms with van der Waals surface area (Å²) in [6.45, 7) is 8.22. The van der Waals surface area contributed by atoms with Gasteiger partial charge in [-0.15, -0.1) is 5.10 Å². The van der Waals surface area contributed by atoms with Crippen LogP contribution in [0, 0.1) is 5.92 Å². The molecule has 0 aromatic carbocycles. The fourth-order valence-electron chi connectivity index (χ4n) is 2.03. The van der Waals surface area contributed by atoms with Crippen LogP contribution in [0.15, 0.2) is 0 Å². The third kappa shape index (κ3) is 3.78. The van der Waals surface area contributed by atoms with Gasteiger partial charge in [0, 0.05) is 11.5 Å². The third-order valence-electron chi connectivity index (χ3n) is 3.54. The number of aromatic nitrogens is 3. The molecule has 1 unspecified atom stereocenters. The summed E-state index contributed by atoms with van der Waals surface area (Å²) in [6, 6.07) is 0.247. The van der Waals surface area contributed by atoms with Gasteiger partial charge < -0.3 is 5.32 Å². The molecule has 1 atom stereocenters. The van der Waals surface area contributed by atoms with Gasteiger partial charge in [-0.25, -0.2) is 4.98 Å². The molecule has 1 aliphatic carbocycles. The van der Waals surface area contributed by atoms with Crippen LogP contribution in [-0.2, 0) is 5.41 Å². The summed E-state index contributed by atoms with van der Waals surface area (Å²) in [4.78, 5) is 16.4. The van der Waals surface area contributed by atoms with Crippen molar-refractivity contribution in [2.75, 3.05) is 0 Å². The maximum Gasteiger partial charge on any atom is 0.291 e. The molecule has 0 saturated heterocycles. The van der Waals surface area contributed by atoms with Crippen molar-refractivity contribution in [1.29, 1.82) is 0 Å². The topological polar surface area (TPSA) is 70.7 Å². The fourth-order valence-corrected chi connectivity index (χ4v) is 2.03. The van der Waals surface area contributed by atoms with Gasteiger partial charge in [0.25, 0.3) is 5.91 Å². The van der Waals surface area contributed by atoms with E-state index in [1.165, 1.54) is 12.8 Å². The van der Waals surface area contributed by atoms with Gasteiger partial charge in [0.15, 0.2) is 0 Å². The first-order chi connectivity index (χ1) is 8.90. The summed E-state index contributed by atoms with van der Waals surface area (Å²) >= 11 is 0. The Balaban J connectivity index is 1.96. The first-order valence-corrected chi connectivity index (χ1v) is 7.14. The highest BCUT2D eigenvalue weighted by molar-refractivity contribution is 5.90. The molecule has 2 rings (SSSR count). The summed E-state index contributed by atoms with van der Waals surface area (Å²) in [5, 5.41) is 9.90. The van der Waals surface area contributed by atoms with Crippen molar-refractivity contribution in [3.05, 3.63) is 11.6 Å². The Labute approximate surface area is 114 Å². The third-order valence-corrected chi connectivity index (χ3v) is 3.54. The summed E-state index contributed by atoms with van der Waals surface area (Å²) in [7, 11) is 0. The van der Waals surface area contributed by atoms with E-state index >= 15 is 0 Å². The SMILES string of the molecule is CCC(CC1CC1)NC(=O)c1n[nH]c(C(C)(C)C)n1. The number of hydrogen-bond acceptors (Lipinski definition) is 3. The minimum Gasteiger partial charge on any atom is -0.347 e. The van der Waals surface area contributed by atoms with Crippen molar-refractivity contribution in [3.63, 3.8) is 0 Å². The summed E-state index contributed by atoms with van der Waals surface area (Å²) in [6.07, 6.45) is 4.65. The lowest BCUT2D eigenvalue weighted by atomic mass is 9.96. The molecule has 0 radical (unpaired) electrons. The van der Waals surface area contributed by atoms with Crippen molar-refractivity contribution < 1.29 is 4.79 Å². The minimum atomic E-state index is -0.167. The van der Waals surface area contributed by atoms with Crippen LogP contribution >= 0.6 is 0 Å². The van der Waals surface area contributed by atoms with E-state index < -0.39 is 0 Å². The van der Waals surface area contributed by atoms with E-state index in [2.05, 4.69) is 27.4 Å². The van der Waals surface area contributed by atoms with E-state index in [1.807, 2.05) is 20.8 Å². The molecule has 0 spiro atoms. The van der Waals surface area contributed by atoms with E-state index in [-0.39, 0.29) is 23.2 Å². The molecule has 2 N–H and O–H groups in total. The van der Waals surface area contributed by atoms with Crippen molar-refractivity contribution in [2.45, 2.75) is 64.8 Å². The molecule has 106 valence electrons. The summed E-state index contributed by atoms with van der Waals surface area (Å²) in [5.74, 6) is 1.63. The van der Waals surface area contributed by atoms with Crippen LogP contribution < -0.4 is 5.32 Å². The molecule has 0 aliphatic heterocycles. The molecule has 1 heterocycles. The summed E-state index contributed by atoms with van der Waals surface area (Å²) < 4.78 is 0. The zero-order valence-corrected chi connectivity index (χ0v) is 12.3. The van der Waals surface area contributed by atoms with Gasteiger partial charge in [0.1, 0.15) is 5.82 Å². The van der Waals surface area contributed by atoms with Crippen LogP contribution in [0.3, 0.4) is 0 Å². The van der Waals surface area contributed by atoms with E-state index in [0.29, 0.717) is 0 Å². The Bertz CT molecular complexity index is 443. The number of nitrogens with zero attached hydrogens (tertiary/aromatic N) is 2. The smallest absolute Gasteiger partial charge is 0.291 e. The average Bonchev–Trinajstić information content (AvgIpc) is 2.98. The standard InChI is InChI=1S/C14H24N4O/c1-5-10(8-9-6-7-9)15-12(19)11-16-13(18-17-11)14(2,3)4/h9-10H,5-8H2,1-4H3,(H,15,19)(H,16,17,18). The lowest BCUT2D eigenvalue weighted by molar-refractivity contribution is 0.0922. The van der Waals surface area contributed by atoms with Gasteiger partial charge in [-0.2, -0.15) is 0 Å². The van der Waals surface area contributed by atoms with E-state index in [4.69, 9.17) is 0 Å². The highest BCUT2D eigenvalue weighted by Gasteiger charge is 2.27. The second-order valence-corrected chi connectivity index (χ2v) is 6.52. The summed E-state index contributed by atoms with van der Waals surface area (Å²) in [5.41, 5.74) is -0.121. The maximum absolute atomic E-state index is 12.1. The van der Waals surface area contributed by atoms with Crippen LogP contribution in [0.5, 0.6) is 0 Å². The molecule has 1 amide bonds. The van der Waals surface area contributed by atoms with E-state index in [1.54, 1.807) is 0 Å². The van der Waals surface area contributed by atoms with Gasteiger partial charge in [-0.3, -0.25) is 9.89 Å². The molecular weight excluding hydrogens is 240 g/mol. The van der Waals surface area contributed by atoms with E-state index in [9.17, 15) is 4.79 Å². The monoisotopic (exact) mass is 264 g/mol. The second kappa shape index (κ2) is 5.31. The number of aromatic amines is 1. The Morgan fingerprint density at radius 2 is 2.16 bits per heavy atom. The van der Waals surface area contributed by atoms with Gasteiger partial charge in [0.2, 0.25) is 5.82 Å². The molecule has 1 aromatic heterocycles. The maximum atomic E-state index is 12.1. The Morgan fingerprint density at radius 1 is 1.47 bits per heavy atom. The zero-order chi connectivity index (χ0) is 14.0. The number of nitrogens with one attached hydrogen (secondary N) is 2. The average molecular weight is 264 g/mol. The quantitative estimate of drug-likeness (QED) is 0.858. The fraction of sp³-hybridized carbons (Fsp3) is 0.786. The number of hydrogen-bond donors (Lipinski definition) is 2. The molecule has 1 saturated carbocycles. The number of H-pyrrole nitrogens is 1. The first-order valence-electron chi connectivity index (χ1n) is 7.14. The Hall–Kier alpha value is -1.39. The number of carbonyl (C=O) groups excluding carboxylic acids is 1. The lowest BCUT2D eigenvalue weighted by Crippen LogP contribution is -2.35. The molecule has 1 aromatic rings. The predicted molar refractivity (Wildman–Crippen MR) is 74.0 cm³/mol. The molecule has 1 fully saturated rings. The predicted octanol–water partition coefficient (Wildman–Crippen LogP) is 2.41. The van der Waals surface area contributed by atoms with Crippen molar-refractivity contribution >= 4 is 5.91 Å². The highest BCUT2D eigenvalue weighted by atomic mass is 16.2. The van der Waals surface area contributed by atoms with Crippen LogP contribution in [-0.4, -0.2) is 27.1 Å². The Morgan fingerprint density at radius 3 is 2.63 bits per heavy atom. The molecule has 1 aliphatic rings. The van der Waals surface area contributed by atoms with Crippen molar-refractivity contribution in [1.82, 2.24) is 20.5 Å². The second-order valence-electron chi connectivity index (χ2n) is 6.52. The van der Waals surface area contributed by atoms with Crippen LogP contribution in [0.1, 0.15) is 69.8 Å². The molecule has 5 nitrogen and oxygen atoms in total. The van der Waals surface area contributed by atoms with Gasteiger partial charge >= 0.3 is 0 Å². The van der Waals surface area contributed by atoms with Gasteiger partial charge in [0.05, 0.1) is 0 Å². The van der Waals surface area contributed by atoms with E-state index in [0.717, 1.165) is 24.6 Å². The largest absolute Gasteiger partial charge is 0.347 e. The first kappa shape index (κ1) is 14.0. The number of carbonyl (C=O) groups is 1.